The van der Waals surface area contributed by atoms with Gasteiger partial charge in [-0.15, -0.1) is 0 Å². The molecule has 0 spiro atoms. The molecule has 0 amide bonds. The summed E-state index contributed by atoms with van der Waals surface area (Å²) in [5.41, 5.74) is 0.598. The highest BCUT2D eigenvalue weighted by molar-refractivity contribution is 5.73. The van der Waals surface area contributed by atoms with Gasteiger partial charge in [0.1, 0.15) is 23.3 Å². The predicted molar refractivity (Wildman–Crippen MR) is 155 cm³/mol. The molecule has 8 heteroatoms. The number of hydrogen-bond acceptors (Lipinski definition) is 1. The fourth-order valence-electron chi connectivity index (χ4n) is 4.85. The Kier molecular flexibility index (Phi) is 10.7. The molecule has 0 aliphatic heterocycles. The zero-order valence-corrected chi connectivity index (χ0v) is 23.9. The van der Waals surface area contributed by atoms with E-state index in [2.05, 4.69) is 0 Å². The zero-order chi connectivity index (χ0) is 31.1. The van der Waals surface area contributed by atoms with Gasteiger partial charge in [-0.05, 0) is 78.8 Å². The summed E-state index contributed by atoms with van der Waals surface area (Å²) in [7, 11) is 0. The topological polar surface area (TPSA) is 9.23 Å². The van der Waals surface area contributed by atoms with Gasteiger partial charge in [-0.3, -0.25) is 0 Å². The monoisotopic (exact) mass is 600 g/mol. The molecule has 0 unspecified atom stereocenters. The number of aryl methyl sites for hydroxylation is 2. The molecule has 0 bridgehead atoms. The van der Waals surface area contributed by atoms with Crippen LogP contribution >= 0.6 is 0 Å². The number of unbranched alkanes of at least 4 members (excludes halogenated alkanes) is 2. The highest BCUT2D eigenvalue weighted by atomic mass is 19.2. The van der Waals surface area contributed by atoms with Gasteiger partial charge < -0.3 is 4.74 Å². The fourth-order valence-corrected chi connectivity index (χ4v) is 4.85. The molecule has 226 valence electrons. The van der Waals surface area contributed by atoms with Crippen molar-refractivity contribution in [2.75, 3.05) is 6.61 Å². The molecular formula is C35H31F7O. The Morgan fingerprint density at radius 3 is 1.84 bits per heavy atom. The summed E-state index contributed by atoms with van der Waals surface area (Å²) in [5.74, 6) is -6.92. The molecule has 0 aliphatic carbocycles. The first kappa shape index (κ1) is 31.9. The van der Waals surface area contributed by atoms with Gasteiger partial charge in [-0.2, -0.15) is 0 Å². The van der Waals surface area contributed by atoms with Crippen molar-refractivity contribution in [3.8, 4) is 28.0 Å². The average molecular weight is 601 g/mol. The van der Waals surface area contributed by atoms with Gasteiger partial charge in [0.15, 0.2) is 23.2 Å². The maximum absolute atomic E-state index is 15.1. The second-order valence-electron chi connectivity index (χ2n) is 10.2. The standard InChI is InChI=1S/C35H31F7O/c1-3-5-6-7-27(36)34(42)24-14-15-26(28(37)18-24)25-19-29(38)33(30(39)20-25)23-12-10-21(11-13-23)8-9-22-16-31(40)35(43-4-2)32(41)17-22/h10-20H,3-9H2,1-2H3. The van der Waals surface area contributed by atoms with E-state index in [4.69, 9.17) is 4.74 Å². The van der Waals surface area contributed by atoms with Gasteiger partial charge in [0, 0.05) is 17.5 Å². The lowest BCUT2D eigenvalue weighted by atomic mass is 9.96. The molecule has 0 aliphatic rings. The molecule has 4 rings (SSSR count). The molecule has 1 nitrogen and oxygen atoms in total. The Morgan fingerprint density at radius 2 is 1.26 bits per heavy atom. The SMILES string of the molecule is CCCCCC(F)=C(F)c1ccc(-c2cc(F)c(-c3ccc(CCc4cc(F)c(OCC)c(F)c4)cc3)c(F)c2)c(F)c1. The highest BCUT2D eigenvalue weighted by Gasteiger charge is 2.18. The van der Waals surface area contributed by atoms with Crippen LogP contribution in [0.2, 0.25) is 0 Å². The smallest absolute Gasteiger partial charge is 0.190 e. The van der Waals surface area contributed by atoms with Crippen molar-refractivity contribution >= 4 is 5.83 Å². The third-order valence-corrected chi connectivity index (χ3v) is 7.11. The van der Waals surface area contributed by atoms with Crippen LogP contribution in [-0.4, -0.2) is 6.61 Å². The first-order chi connectivity index (χ1) is 20.6. The van der Waals surface area contributed by atoms with Crippen LogP contribution in [0.4, 0.5) is 30.7 Å². The van der Waals surface area contributed by atoms with Crippen LogP contribution in [0.25, 0.3) is 28.1 Å². The van der Waals surface area contributed by atoms with E-state index in [9.17, 15) is 22.0 Å². The third-order valence-electron chi connectivity index (χ3n) is 7.11. The number of allylic oxidation sites excluding steroid dienone is 1. The van der Waals surface area contributed by atoms with Crippen LogP contribution in [0.15, 0.2) is 72.6 Å². The van der Waals surface area contributed by atoms with Crippen molar-refractivity contribution in [3.63, 3.8) is 0 Å². The molecule has 4 aromatic rings. The van der Waals surface area contributed by atoms with Crippen molar-refractivity contribution in [1.29, 1.82) is 0 Å². The van der Waals surface area contributed by atoms with E-state index in [0.717, 1.165) is 42.7 Å². The normalized spacial score (nSPS) is 11.9. The molecule has 43 heavy (non-hydrogen) atoms. The molecule has 0 heterocycles. The van der Waals surface area contributed by atoms with Crippen LogP contribution in [0.5, 0.6) is 5.75 Å². The highest BCUT2D eigenvalue weighted by Crippen LogP contribution is 2.34. The summed E-state index contributed by atoms with van der Waals surface area (Å²) in [6.45, 7) is 3.69. The summed E-state index contributed by atoms with van der Waals surface area (Å²) in [4.78, 5) is 0. The van der Waals surface area contributed by atoms with Crippen LogP contribution < -0.4 is 4.74 Å². The second-order valence-corrected chi connectivity index (χ2v) is 10.2. The van der Waals surface area contributed by atoms with Crippen molar-refractivity contribution in [3.05, 3.63) is 118 Å². The van der Waals surface area contributed by atoms with Crippen LogP contribution in [0, 0.1) is 29.1 Å². The van der Waals surface area contributed by atoms with E-state index in [1.165, 1.54) is 30.3 Å². The fraction of sp³-hybridized carbons (Fsp3) is 0.257. The summed E-state index contributed by atoms with van der Waals surface area (Å²) in [6, 6.07) is 13.9. The van der Waals surface area contributed by atoms with Crippen LogP contribution in [-0.2, 0) is 12.8 Å². The Bertz CT molecular complexity index is 1560. The summed E-state index contributed by atoms with van der Waals surface area (Å²) in [5, 5.41) is 0. The molecule has 0 saturated carbocycles. The minimum absolute atomic E-state index is 0.0926. The minimum Gasteiger partial charge on any atom is -0.488 e. The van der Waals surface area contributed by atoms with E-state index in [1.54, 1.807) is 19.1 Å². The lowest BCUT2D eigenvalue weighted by Crippen LogP contribution is -2.00. The summed E-state index contributed by atoms with van der Waals surface area (Å²) in [6.07, 6.45) is 2.70. The first-order valence-corrected chi connectivity index (χ1v) is 14.2. The maximum atomic E-state index is 15.1. The van der Waals surface area contributed by atoms with Crippen molar-refractivity contribution < 1.29 is 35.5 Å². The molecule has 0 radical (unpaired) electrons. The maximum Gasteiger partial charge on any atom is 0.190 e. The number of ether oxygens (including phenoxy) is 1. The van der Waals surface area contributed by atoms with E-state index in [-0.39, 0.29) is 40.8 Å². The Balaban J connectivity index is 1.50. The van der Waals surface area contributed by atoms with E-state index < -0.39 is 46.5 Å². The van der Waals surface area contributed by atoms with Crippen LogP contribution in [0.3, 0.4) is 0 Å². The lowest BCUT2D eigenvalue weighted by Gasteiger charge is -2.11. The van der Waals surface area contributed by atoms with E-state index in [0.29, 0.717) is 24.8 Å². The van der Waals surface area contributed by atoms with Gasteiger partial charge >= 0.3 is 0 Å². The minimum atomic E-state index is -1.16. The summed E-state index contributed by atoms with van der Waals surface area (Å²) >= 11 is 0. The number of halogens is 7. The molecule has 0 saturated heterocycles. The molecule has 4 aromatic carbocycles. The lowest BCUT2D eigenvalue weighted by molar-refractivity contribution is 0.302. The summed E-state index contributed by atoms with van der Waals surface area (Å²) < 4.78 is 107. The quantitative estimate of drug-likeness (QED) is 0.116. The molecule has 0 fully saturated rings. The largest absolute Gasteiger partial charge is 0.488 e. The third kappa shape index (κ3) is 7.66. The van der Waals surface area contributed by atoms with Crippen molar-refractivity contribution in [2.45, 2.75) is 52.4 Å². The van der Waals surface area contributed by atoms with Gasteiger partial charge in [0.2, 0.25) is 0 Å². The number of hydrogen-bond donors (Lipinski definition) is 0. The molecule has 0 aromatic heterocycles. The number of rotatable bonds is 12. The number of benzene rings is 4. The zero-order valence-electron chi connectivity index (χ0n) is 23.9. The van der Waals surface area contributed by atoms with Gasteiger partial charge in [0.25, 0.3) is 0 Å². The van der Waals surface area contributed by atoms with E-state index >= 15 is 8.78 Å². The average Bonchev–Trinajstić information content (AvgIpc) is 2.97. The first-order valence-electron chi connectivity index (χ1n) is 14.2. The molecule has 0 atom stereocenters. The van der Waals surface area contributed by atoms with Gasteiger partial charge in [-0.25, -0.2) is 30.7 Å². The van der Waals surface area contributed by atoms with Crippen molar-refractivity contribution in [2.24, 2.45) is 0 Å². The van der Waals surface area contributed by atoms with Gasteiger partial charge in [-0.1, -0.05) is 56.2 Å². The molecule has 0 N–H and O–H groups in total. The Morgan fingerprint density at radius 1 is 0.628 bits per heavy atom. The predicted octanol–water partition coefficient (Wildman–Crippen LogP) is 11.1. The Hall–Kier alpha value is -4.07. The Labute approximate surface area is 246 Å². The molecular weight excluding hydrogens is 569 g/mol. The van der Waals surface area contributed by atoms with E-state index in [1.807, 2.05) is 6.92 Å². The van der Waals surface area contributed by atoms with Crippen LogP contribution in [0.1, 0.15) is 56.2 Å². The van der Waals surface area contributed by atoms with Gasteiger partial charge in [0.05, 0.1) is 12.2 Å². The second kappa shape index (κ2) is 14.4. The van der Waals surface area contributed by atoms with Crippen molar-refractivity contribution in [1.82, 2.24) is 0 Å².